The highest BCUT2D eigenvalue weighted by molar-refractivity contribution is 5.86. The van der Waals surface area contributed by atoms with Gasteiger partial charge in [-0.2, -0.15) is 18.2 Å². The van der Waals surface area contributed by atoms with Crippen LogP contribution in [-0.4, -0.2) is 36.2 Å². The van der Waals surface area contributed by atoms with Gasteiger partial charge >= 0.3 is 12.1 Å². The highest BCUT2D eigenvalue weighted by Gasteiger charge is 2.42. The summed E-state index contributed by atoms with van der Waals surface area (Å²) in [5.41, 5.74) is -2.62. The van der Waals surface area contributed by atoms with Crippen molar-refractivity contribution < 1.29 is 27.6 Å². The molecule has 8 nitrogen and oxygen atoms in total. The third-order valence-electron chi connectivity index (χ3n) is 2.92. The lowest BCUT2D eigenvalue weighted by molar-refractivity contribution is -0.144. The molecule has 2 aromatic heterocycles. The summed E-state index contributed by atoms with van der Waals surface area (Å²) in [6, 6.07) is 0. The fourth-order valence-electron chi connectivity index (χ4n) is 1.82. The summed E-state index contributed by atoms with van der Waals surface area (Å²) in [6.45, 7) is -0.491. The minimum Gasteiger partial charge on any atom is -0.476 e. The Labute approximate surface area is 114 Å². The van der Waals surface area contributed by atoms with Gasteiger partial charge in [0.25, 0.3) is 0 Å². The summed E-state index contributed by atoms with van der Waals surface area (Å²) in [5, 5.41) is 18.6. The fourth-order valence-corrected chi connectivity index (χ4v) is 1.82. The molecule has 2 aromatic rings. The second-order valence-corrected chi connectivity index (χ2v) is 4.57. The number of carboxylic acids is 1. The molecule has 1 aliphatic carbocycles. The maximum atomic E-state index is 12.9. The van der Waals surface area contributed by atoms with Gasteiger partial charge in [0.05, 0.1) is 0 Å². The minimum atomic E-state index is -4.91. The molecule has 0 saturated heterocycles. The minimum absolute atomic E-state index is 0.0794. The van der Waals surface area contributed by atoms with E-state index in [-0.39, 0.29) is 11.8 Å². The largest absolute Gasteiger partial charge is 0.476 e. The molecule has 1 saturated carbocycles. The van der Waals surface area contributed by atoms with E-state index < -0.39 is 30.1 Å². The summed E-state index contributed by atoms with van der Waals surface area (Å²) < 4.78 is 44.0. The van der Waals surface area contributed by atoms with Crippen LogP contribution in [0.25, 0.3) is 0 Å². The zero-order chi connectivity index (χ0) is 15.2. The van der Waals surface area contributed by atoms with Crippen LogP contribution in [0.2, 0.25) is 0 Å². The van der Waals surface area contributed by atoms with E-state index in [1.807, 2.05) is 0 Å². The Hall–Kier alpha value is -2.46. The maximum absolute atomic E-state index is 12.9. The molecule has 112 valence electrons. The first-order valence-electron chi connectivity index (χ1n) is 5.92. The summed E-state index contributed by atoms with van der Waals surface area (Å²) in [6.07, 6.45) is -3.07. The molecule has 1 fully saturated rings. The smallest absolute Gasteiger partial charge is 0.435 e. The van der Waals surface area contributed by atoms with Crippen molar-refractivity contribution in [3.05, 3.63) is 23.1 Å². The van der Waals surface area contributed by atoms with Gasteiger partial charge in [0, 0.05) is 5.92 Å². The summed E-state index contributed by atoms with van der Waals surface area (Å²) >= 11 is 0. The number of carboxylic acid groups (broad SMARTS) is 1. The van der Waals surface area contributed by atoms with E-state index in [2.05, 4.69) is 20.5 Å². The number of halogens is 3. The van der Waals surface area contributed by atoms with Gasteiger partial charge in [0.1, 0.15) is 6.54 Å². The van der Waals surface area contributed by atoms with Crippen LogP contribution in [0.15, 0.2) is 4.52 Å². The topological polar surface area (TPSA) is 107 Å². The number of hydrogen-bond acceptors (Lipinski definition) is 6. The van der Waals surface area contributed by atoms with E-state index in [0.717, 1.165) is 12.8 Å². The van der Waals surface area contributed by atoms with Crippen molar-refractivity contribution in [2.24, 2.45) is 0 Å². The third kappa shape index (κ3) is 2.58. The van der Waals surface area contributed by atoms with Crippen LogP contribution in [0.5, 0.6) is 0 Å². The van der Waals surface area contributed by atoms with Crippen molar-refractivity contribution in [2.75, 3.05) is 0 Å². The molecule has 11 heteroatoms. The number of aromatic carboxylic acids is 1. The van der Waals surface area contributed by atoms with E-state index in [1.165, 1.54) is 0 Å². The summed E-state index contributed by atoms with van der Waals surface area (Å²) in [4.78, 5) is 14.7. The van der Waals surface area contributed by atoms with Crippen LogP contribution in [0.1, 0.15) is 46.7 Å². The van der Waals surface area contributed by atoms with Crippen molar-refractivity contribution in [3.8, 4) is 0 Å². The number of hydrogen-bond donors (Lipinski definition) is 1. The Balaban J connectivity index is 1.92. The Kier molecular flexibility index (Phi) is 2.92. The van der Waals surface area contributed by atoms with E-state index in [4.69, 9.17) is 9.63 Å². The van der Waals surface area contributed by atoms with Crippen molar-refractivity contribution in [1.29, 1.82) is 0 Å². The van der Waals surface area contributed by atoms with Gasteiger partial charge in [0.15, 0.2) is 11.5 Å². The lowest BCUT2D eigenvalue weighted by atomic mass is 10.3. The Morgan fingerprint density at radius 3 is 2.71 bits per heavy atom. The fraction of sp³-hybridized carbons (Fsp3) is 0.500. The molecule has 0 spiro atoms. The molecule has 0 aliphatic heterocycles. The second kappa shape index (κ2) is 4.53. The predicted molar refractivity (Wildman–Crippen MR) is 57.4 cm³/mol. The zero-order valence-corrected chi connectivity index (χ0v) is 10.3. The van der Waals surface area contributed by atoms with E-state index >= 15 is 0 Å². The van der Waals surface area contributed by atoms with Crippen LogP contribution in [0.4, 0.5) is 13.2 Å². The molecular weight excluding hydrogens is 295 g/mol. The average Bonchev–Trinajstić information content (AvgIpc) is 2.96. The lowest BCUT2D eigenvalue weighted by Crippen LogP contribution is -2.19. The molecule has 0 unspecified atom stereocenters. The Morgan fingerprint density at radius 1 is 1.43 bits per heavy atom. The number of rotatable bonds is 4. The van der Waals surface area contributed by atoms with Gasteiger partial charge in [-0.25, -0.2) is 9.48 Å². The zero-order valence-electron chi connectivity index (χ0n) is 10.3. The predicted octanol–water partition coefficient (Wildman–Crippen LogP) is 1.30. The molecule has 0 amide bonds. The highest BCUT2D eigenvalue weighted by Crippen LogP contribution is 2.38. The quantitative estimate of drug-likeness (QED) is 0.907. The molecule has 0 radical (unpaired) electrons. The van der Waals surface area contributed by atoms with Crippen molar-refractivity contribution in [1.82, 2.24) is 25.1 Å². The summed E-state index contributed by atoms with van der Waals surface area (Å²) in [5.74, 6) is -1.26. The SMILES string of the molecule is O=C(O)c1nnn(Cc2nc(C3CC3)no2)c1C(F)(F)F. The normalized spacial score (nSPS) is 15.4. The van der Waals surface area contributed by atoms with Crippen LogP contribution in [0, 0.1) is 0 Å². The van der Waals surface area contributed by atoms with Crippen molar-refractivity contribution in [3.63, 3.8) is 0 Å². The van der Waals surface area contributed by atoms with E-state index in [9.17, 15) is 18.0 Å². The van der Waals surface area contributed by atoms with Gasteiger partial charge in [-0.3, -0.25) is 0 Å². The average molecular weight is 303 g/mol. The monoisotopic (exact) mass is 303 g/mol. The standard InChI is InChI=1S/C10H8F3N5O3/c11-10(12,13)7-6(9(19)20)15-17-18(7)3-5-14-8(16-21-5)4-1-2-4/h4H,1-3H2,(H,19,20). The Bertz CT molecular complexity index is 688. The van der Waals surface area contributed by atoms with Crippen LogP contribution in [-0.2, 0) is 12.7 Å². The number of carbonyl (C=O) groups is 1. The number of nitrogens with zero attached hydrogens (tertiary/aromatic N) is 5. The first-order valence-corrected chi connectivity index (χ1v) is 5.92. The Morgan fingerprint density at radius 2 is 2.14 bits per heavy atom. The van der Waals surface area contributed by atoms with E-state index in [0.29, 0.717) is 10.5 Å². The molecule has 0 bridgehead atoms. The molecule has 2 heterocycles. The molecule has 3 rings (SSSR count). The number of alkyl halides is 3. The third-order valence-corrected chi connectivity index (χ3v) is 2.92. The second-order valence-electron chi connectivity index (χ2n) is 4.57. The van der Waals surface area contributed by atoms with Crippen molar-refractivity contribution >= 4 is 5.97 Å². The molecule has 0 atom stereocenters. The van der Waals surface area contributed by atoms with Gasteiger partial charge in [-0.05, 0) is 12.8 Å². The van der Waals surface area contributed by atoms with Gasteiger partial charge in [-0.15, -0.1) is 5.10 Å². The van der Waals surface area contributed by atoms with Crippen LogP contribution < -0.4 is 0 Å². The molecule has 1 aliphatic rings. The number of aromatic nitrogens is 5. The van der Waals surface area contributed by atoms with Gasteiger partial charge in [-0.1, -0.05) is 10.4 Å². The van der Waals surface area contributed by atoms with Crippen LogP contribution in [0.3, 0.4) is 0 Å². The van der Waals surface area contributed by atoms with E-state index in [1.54, 1.807) is 0 Å². The molecule has 21 heavy (non-hydrogen) atoms. The maximum Gasteiger partial charge on any atom is 0.435 e. The van der Waals surface area contributed by atoms with Crippen molar-refractivity contribution in [2.45, 2.75) is 31.5 Å². The van der Waals surface area contributed by atoms with Gasteiger partial charge in [0.2, 0.25) is 11.6 Å². The van der Waals surface area contributed by atoms with Crippen LogP contribution >= 0.6 is 0 Å². The molecule has 1 N–H and O–H groups in total. The first-order chi connectivity index (χ1) is 9.86. The first kappa shape index (κ1) is 13.5. The molecular formula is C10H8F3N5O3. The highest BCUT2D eigenvalue weighted by atomic mass is 19.4. The summed E-state index contributed by atoms with van der Waals surface area (Å²) in [7, 11) is 0. The lowest BCUT2D eigenvalue weighted by Gasteiger charge is -2.08. The van der Waals surface area contributed by atoms with Gasteiger partial charge < -0.3 is 9.63 Å². The molecule has 0 aromatic carbocycles.